The topological polar surface area (TPSA) is 93.5 Å². The summed E-state index contributed by atoms with van der Waals surface area (Å²) < 4.78 is 4.64. The van der Waals surface area contributed by atoms with Crippen molar-refractivity contribution in [2.45, 2.75) is 31.2 Å². The first-order valence-corrected chi connectivity index (χ1v) is 8.77. The summed E-state index contributed by atoms with van der Waals surface area (Å²) in [5, 5.41) is 4.11. The number of aryl methyl sites for hydroxylation is 2. The largest absolute Gasteiger partial charge is 0.465 e. The van der Waals surface area contributed by atoms with Gasteiger partial charge in [0.15, 0.2) is 5.16 Å². The molecule has 1 aromatic heterocycles. The van der Waals surface area contributed by atoms with Gasteiger partial charge in [0, 0.05) is 11.4 Å². The Morgan fingerprint density at radius 1 is 1.19 bits per heavy atom. The summed E-state index contributed by atoms with van der Waals surface area (Å²) in [6, 6.07) is 8.56. The highest BCUT2D eigenvalue weighted by Crippen LogP contribution is 2.20. The first-order valence-electron chi connectivity index (χ1n) is 7.89. The minimum absolute atomic E-state index is 0.250. The van der Waals surface area contributed by atoms with E-state index in [1.54, 1.807) is 31.2 Å². The molecule has 0 saturated carbocycles. The van der Waals surface area contributed by atoms with Gasteiger partial charge in [-0.3, -0.25) is 4.79 Å². The lowest BCUT2D eigenvalue weighted by atomic mass is 10.1. The average Bonchev–Trinajstić information content (AvgIpc) is 2.60. The average molecular weight is 372 g/mol. The molecular weight excluding hydrogens is 352 g/mol. The van der Waals surface area contributed by atoms with E-state index < -0.39 is 11.2 Å². The number of methoxy groups -OCH3 is 1. The molecule has 2 aromatic rings. The highest BCUT2D eigenvalue weighted by Gasteiger charge is 2.15. The maximum atomic E-state index is 12.1. The van der Waals surface area contributed by atoms with Gasteiger partial charge < -0.3 is 4.74 Å². The molecule has 136 valence electrons. The standard InChI is InChI=1S/C18H20N4O3S/c1-11-9-12(2)21-18(20-11)26-13(3)16(23)22-19-10-14-5-7-15(8-6-14)17(24)25-4/h5-10,13H,1-4H3,(H,22,23)/b19-10+. The van der Waals surface area contributed by atoms with Crippen LogP contribution >= 0.6 is 11.8 Å². The van der Waals surface area contributed by atoms with Gasteiger partial charge in [0.05, 0.1) is 24.1 Å². The molecule has 7 nitrogen and oxygen atoms in total. The Labute approximate surface area is 156 Å². The summed E-state index contributed by atoms with van der Waals surface area (Å²) in [4.78, 5) is 32.1. The summed E-state index contributed by atoms with van der Waals surface area (Å²) in [5.41, 5.74) is 5.41. The smallest absolute Gasteiger partial charge is 0.337 e. The molecule has 1 heterocycles. The van der Waals surface area contributed by atoms with Gasteiger partial charge in [-0.25, -0.2) is 20.2 Å². The fourth-order valence-corrected chi connectivity index (χ4v) is 2.91. The van der Waals surface area contributed by atoms with Crippen LogP contribution in [0.5, 0.6) is 0 Å². The summed E-state index contributed by atoms with van der Waals surface area (Å²) >= 11 is 1.27. The van der Waals surface area contributed by atoms with Gasteiger partial charge in [0.1, 0.15) is 0 Å². The molecule has 0 radical (unpaired) electrons. The van der Waals surface area contributed by atoms with Crippen LogP contribution in [0.25, 0.3) is 0 Å². The number of carbonyl (C=O) groups excluding carboxylic acids is 2. The van der Waals surface area contributed by atoms with Gasteiger partial charge >= 0.3 is 5.97 Å². The Kier molecular flexibility index (Phi) is 6.85. The zero-order chi connectivity index (χ0) is 19.1. The van der Waals surface area contributed by atoms with E-state index in [9.17, 15) is 9.59 Å². The molecule has 8 heteroatoms. The molecule has 26 heavy (non-hydrogen) atoms. The molecule has 0 saturated heterocycles. The third-order valence-electron chi connectivity index (χ3n) is 3.33. The first kappa shape index (κ1) is 19.6. The summed E-state index contributed by atoms with van der Waals surface area (Å²) in [6.45, 7) is 5.54. The van der Waals surface area contributed by atoms with Crippen molar-refractivity contribution in [2.24, 2.45) is 5.10 Å². The molecule has 0 aliphatic carbocycles. The Morgan fingerprint density at radius 3 is 2.38 bits per heavy atom. The van der Waals surface area contributed by atoms with Gasteiger partial charge in [-0.2, -0.15) is 5.10 Å². The lowest BCUT2D eigenvalue weighted by molar-refractivity contribution is -0.120. The van der Waals surface area contributed by atoms with Crippen LogP contribution in [0.1, 0.15) is 34.2 Å². The fraction of sp³-hybridized carbons (Fsp3) is 0.278. The number of aromatic nitrogens is 2. The van der Waals surface area contributed by atoms with Crippen molar-refractivity contribution in [3.63, 3.8) is 0 Å². The van der Waals surface area contributed by atoms with Crippen molar-refractivity contribution < 1.29 is 14.3 Å². The first-order chi connectivity index (χ1) is 12.4. The van der Waals surface area contributed by atoms with Crippen molar-refractivity contribution in [1.82, 2.24) is 15.4 Å². The zero-order valence-electron chi connectivity index (χ0n) is 15.0. The molecule has 1 aromatic carbocycles. The predicted molar refractivity (Wildman–Crippen MR) is 100 cm³/mol. The normalized spacial score (nSPS) is 12.0. The number of thioether (sulfide) groups is 1. The minimum atomic E-state index is -0.402. The number of carbonyl (C=O) groups is 2. The van der Waals surface area contributed by atoms with Crippen molar-refractivity contribution in [3.05, 3.63) is 52.8 Å². The van der Waals surface area contributed by atoms with Crippen LogP contribution < -0.4 is 5.43 Å². The molecular formula is C18H20N4O3S. The van der Waals surface area contributed by atoms with Crippen molar-refractivity contribution in [2.75, 3.05) is 7.11 Å². The molecule has 1 atom stereocenters. The third-order valence-corrected chi connectivity index (χ3v) is 4.29. The maximum absolute atomic E-state index is 12.1. The third kappa shape index (κ3) is 5.66. The highest BCUT2D eigenvalue weighted by atomic mass is 32.2. The van der Waals surface area contributed by atoms with E-state index in [1.165, 1.54) is 25.1 Å². The van der Waals surface area contributed by atoms with Crippen LogP contribution in [-0.2, 0) is 9.53 Å². The Balaban J connectivity index is 1.90. The lowest BCUT2D eigenvalue weighted by Crippen LogP contribution is -2.27. The van der Waals surface area contributed by atoms with Crippen LogP contribution in [0.4, 0.5) is 0 Å². The van der Waals surface area contributed by atoms with E-state index in [4.69, 9.17) is 0 Å². The van der Waals surface area contributed by atoms with Gasteiger partial charge in [-0.15, -0.1) is 0 Å². The molecule has 1 N–H and O–H groups in total. The van der Waals surface area contributed by atoms with E-state index in [-0.39, 0.29) is 5.91 Å². The van der Waals surface area contributed by atoms with Gasteiger partial charge in [0.2, 0.25) is 0 Å². The molecule has 0 aliphatic rings. The lowest BCUT2D eigenvalue weighted by Gasteiger charge is -2.09. The summed E-state index contributed by atoms with van der Waals surface area (Å²) in [7, 11) is 1.33. The monoisotopic (exact) mass is 372 g/mol. The van der Waals surface area contributed by atoms with Crippen molar-refractivity contribution >= 4 is 29.9 Å². The van der Waals surface area contributed by atoms with Crippen molar-refractivity contribution in [1.29, 1.82) is 0 Å². The zero-order valence-corrected chi connectivity index (χ0v) is 15.8. The van der Waals surface area contributed by atoms with E-state index >= 15 is 0 Å². The number of benzene rings is 1. The number of amides is 1. The number of rotatable bonds is 6. The molecule has 1 amide bonds. The van der Waals surface area contributed by atoms with Crippen LogP contribution in [0.15, 0.2) is 40.6 Å². The van der Waals surface area contributed by atoms with E-state index in [0.717, 1.165) is 17.0 Å². The molecule has 0 fully saturated rings. The number of hydrazone groups is 1. The molecule has 2 rings (SSSR count). The Hall–Kier alpha value is -2.74. The van der Waals surface area contributed by atoms with Crippen molar-refractivity contribution in [3.8, 4) is 0 Å². The SMILES string of the molecule is COC(=O)c1ccc(/C=N/NC(=O)C(C)Sc2nc(C)cc(C)n2)cc1. The molecule has 0 bridgehead atoms. The van der Waals surface area contributed by atoms with Crippen LogP contribution in [-0.4, -0.2) is 40.4 Å². The number of hydrogen-bond acceptors (Lipinski definition) is 7. The maximum Gasteiger partial charge on any atom is 0.337 e. The van der Waals surface area contributed by atoms with Crippen LogP contribution in [0.3, 0.4) is 0 Å². The van der Waals surface area contributed by atoms with E-state index in [2.05, 4.69) is 25.2 Å². The fourth-order valence-electron chi connectivity index (χ4n) is 2.04. The summed E-state index contributed by atoms with van der Waals surface area (Å²) in [5.74, 6) is -0.651. The van der Waals surface area contributed by atoms with E-state index in [0.29, 0.717) is 10.7 Å². The van der Waals surface area contributed by atoms with Gasteiger partial charge in [0.25, 0.3) is 5.91 Å². The summed E-state index contributed by atoms with van der Waals surface area (Å²) in [6.07, 6.45) is 1.50. The second kappa shape index (κ2) is 9.10. The molecule has 0 aliphatic heterocycles. The quantitative estimate of drug-likeness (QED) is 0.275. The number of nitrogens with zero attached hydrogens (tertiary/aromatic N) is 3. The number of nitrogens with one attached hydrogen (secondary N) is 1. The second-order valence-corrected chi connectivity index (χ2v) is 6.85. The Morgan fingerprint density at radius 2 is 1.81 bits per heavy atom. The highest BCUT2D eigenvalue weighted by molar-refractivity contribution is 8.00. The Bertz CT molecular complexity index is 801. The number of hydrogen-bond donors (Lipinski definition) is 1. The molecule has 0 spiro atoms. The van der Waals surface area contributed by atoms with Gasteiger partial charge in [-0.1, -0.05) is 23.9 Å². The minimum Gasteiger partial charge on any atom is -0.465 e. The van der Waals surface area contributed by atoms with Crippen LogP contribution in [0.2, 0.25) is 0 Å². The number of esters is 1. The van der Waals surface area contributed by atoms with Crippen LogP contribution in [0, 0.1) is 13.8 Å². The predicted octanol–water partition coefficient (Wildman–Crippen LogP) is 2.51. The van der Waals surface area contributed by atoms with Gasteiger partial charge in [-0.05, 0) is 44.5 Å². The second-order valence-electron chi connectivity index (χ2n) is 5.54. The molecule has 1 unspecified atom stereocenters. The van der Waals surface area contributed by atoms with E-state index in [1.807, 2.05) is 19.9 Å². The number of ether oxygens (including phenoxy) is 1.